The van der Waals surface area contributed by atoms with E-state index in [9.17, 15) is 19.2 Å². The molecule has 0 saturated carbocycles. The van der Waals surface area contributed by atoms with Gasteiger partial charge in [0.2, 0.25) is 17.7 Å². The van der Waals surface area contributed by atoms with Gasteiger partial charge in [0.15, 0.2) is 12.4 Å². The van der Waals surface area contributed by atoms with Crippen molar-refractivity contribution in [2.24, 2.45) is 11.7 Å². The standard InChI is InChI=1S/C31H46N6O7.ClH/c1-21(2)18-23(32)30(40)37-17-11-13-24(37)29-35-26(36-44-29)19-34-27(38)15-7-5-3-4-6-10-16-33-28(39)20-43-25-14-9-8-12-22(25)31(41)42;/h8-9,12,14,21,23-24H,3-7,10-11,13,15-20,32H2,1-2H3,(H,33,39)(H,34,38)(H,41,42);1H/t23-,24-;/m1./s1. The molecule has 2 atom stereocenters. The highest BCUT2D eigenvalue weighted by molar-refractivity contribution is 5.91. The molecule has 3 amide bonds. The van der Waals surface area contributed by atoms with E-state index in [2.05, 4.69) is 20.8 Å². The maximum atomic E-state index is 12.8. The maximum Gasteiger partial charge on any atom is 0.339 e. The number of benzene rings is 1. The molecule has 1 aromatic carbocycles. The van der Waals surface area contributed by atoms with Gasteiger partial charge in [-0.05, 0) is 50.2 Å². The predicted molar refractivity (Wildman–Crippen MR) is 169 cm³/mol. The molecule has 13 nitrogen and oxygen atoms in total. The summed E-state index contributed by atoms with van der Waals surface area (Å²) in [5, 5.41) is 18.8. The second-order valence-corrected chi connectivity index (χ2v) is 11.6. The van der Waals surface area contributed by atoms with Crippen LogP contribution in [0.4, 0.5) is 0 Å². The van der Waals surface area contributed by atoms with E-state index in [4.69, 9.17) is 20.1 Å². The van der Waals surface area contributed by atoms with Gasteiger partial charge in [-0.25, -0.2) is 4.79 Å². The molecule has 0 radical (unpaired) electrons. The number of carboxylic acid groups (broad SMARTS) is 1. The van der Waals surface area contributed by atoms with Crippen LogP contribution in [0.1, 0.15) is 106 Å². The average Bonchev–Trinajstić information content (AvgIpc) is 3.67. The number of carbonyl (C=O) groups is 4. The average molecular weight is 651 g/mol. The molecule has 5 N–H and O–H groups in total. The van der Waals surface area contributed by atoms with Gasteiger partial charge in [0, 0.05) is 19.5 Å². The molecule has 1 aliphatic heterocycles. The molecule has 0 aliphatic carbocycles. The summed E-state index contributed by atoms with van der Waals surface area (Å²) in [6, 6.07) is 5.37. The number of para-hydroxylation sites is 1. The number of rotatable bonds is 19. The molecule has 3 rings (SSSR count). The van der Waals surface area contributed by atoms with Gasteiger partial charge < -0.3 is 35.6 Å². The van der Waals surface area contributed by atoms with E-state index >= 15 is 0 Å². The quantitative estimate of drug-likeness (QED) is 0.163. The van der Waals surface area contributed by atoms with Gasteiger partial charge in [0.1, 0.15) is 17.4 Å². The largest absolute Gasteiger partial charge is 0.483 e. The molecular weight excluding hydrogens is 604 g/mol. The van der Waals surface area contributed by atoms with Gasteiger partial charge in [-0.1, -0.05) is 56.8 Å². The Kier molecular flexibility index (Phi) is 16.3. The second-order valence-electron chi connectivity index (χ2n) is 11.6. The third-order valence-electron chi connectivity index (χ3n) is 7.42. The maximum absolute atomic E-state index is 12.8. The zero-order valence-electron chi connectivity index (χ0n) is 26.2. The Morgan fingerprint density at radius 3 is 2.51 bits per heavy atom. The van der Waals surface area contributed by atoms with Crippen LogP contribution in [0.15, 0.2) is 28.8 Å². The van der Waals surface area contributed by atoms with Crippen LogP contribution in [0.25, 0.3) is 0 Å². The van der Waals surface area contributed by atoms with Crippen molar-refractivity contribution >= 4 is 36.1 Å². The third-order valence-corrected chi connectivity index (χ3v) is 7.42. The number of nitrogens with zero attached hydrogens (tertiary/aromatic N) is 3. The first kappa shape index (κ1) is 37.5. The number of nitrogens with one attached hydrogen (secondary N) is 2. The Balaban J connectivity index is 0.00000705. The van der Waals surface area contributed by atoms with E-state index in [0.29, 0.717) is 43.6 Å². The number of amides is 3. The predicted octanol–water partition coefficient (Wildman–Crippen LogP) is 3.77. The highest BCUT2D eigenvalue weighted by Gasteiger charge is 2.36. The van der Waals surface area contributed by atoms with Crippen molar-refractivity contribution in [3.8, 4) is 5.75 Å². The van der Waals surface area contributed by atoms with Crippen molar-refractivity contribution in [3.63, 3.8) is 0 Å². The number of halogens is 1. The zero-order valence-corrected chi connectivity index (χ0v) is 27.0. The summed E-state index contributed by atoms with van der Waals surface area (Å²) in [5.41, 5.74) is 6.14. The molecule has 1 fully saturated rings. The van der Waals surface area contributed by atoms with Crippen molar-refractivity contribution in [2.75, 3.05) is 19.7 Å². The minimum absolute atomic E-state index is 0. The number of hydrogen-bond acceptors (Lipinski definition) is 9. The van der Waals surface area contributed by atoms with Gasteiger partial charge in [-0.15, -0.1) is 12.4 Å². The van der Waals surface area contributed by atoms with E-state index < -0.39 is 12.0 Å². The van der Waals surface area contributed by atoms with Crippen LogP contribution in [0, 0.1) is 5.92 Å². The van der Waals surface area contributed by atoms with Crippen LogP contribution in [0.3, 0.4) is 0 Å². The fraction of sp³-hybridized carbons (Fsp3) is 0.613. The summed E-state index contributed by atoms with van der Waals surface area (Å²) in [6.45, 7) is 5.13. The molecule has 0 spiro atoms. The number of ether oxygens (including phenoxy) is 1. The van der Waals surface area contributed by atoms with Crippen molar-refractivity contribution in [3.05, 3.63) is 41.5 Å². The summed E-state index contributed by atoms with van der Waals surface area (Å²) < 4.78 is 10.8. The fourth-order valence-electron chi connectivity index (χ4n) is 5.16. The third kappa shape index (κ3) is 12.7. The summed E-state index contributed by atoms with van der Waals surface area (Å²) >= 11 is 0. The summed E-state index contributed by atoms with van der Waals surface area (Å²) in [6.07, 6.45) is 8.06. The molecule has 2 heterocycles. The van der Waals surface area contributed by atoms with Gasteiger partial charge in [-0.2, -0.15) is 4.98 Å². The minimum Gasteiger partial charge on any atom is -0.483 e. The summed E-state index contributed by atoms with van der Waals surface area (Å²) in [4.78, 5) is 54.4. The topological polar surface area (TPSA) is 190 Å². The van der Waals surface area contributed by atoms with Crippen LogP contribution in [-0.4, -0.2) is 69.6 Å². The molecule has 45 heavy (non-hydrogen) atoms. The normalized spacial score (nSPS) is 14.9. The molecule has 0 unspecified atom stereocenters. The van der Waals surface area contributed by atoms with E-state index in [1.807, 2.05) is 13.8 Å². The lowest BCUT2D eigenvalue weighted by atomic mass is 10.0. The second kappa shape index (κ2) is 19.6. The van der Waals surface area contributed by atoms with Gasteiger partial charge >= 0.3 is 5.97 Å². The number of hydrogen-bond donors (Lipinski definition) is 4. The van der Waals surface area contributed by atoms with Crippen LogP contribution in [0.5, 0.6) is 5.75 Å². The van der Waals surface area contributed by atoms with Crippen molar-refractivity contribution in [1.29, 1.82) is 0 Å². The Bertz CT molecular complexity index is 1240. The van der Waals surface area contributed by atoms with Crippen LogP contribution >= 0.6 is 12.4 Å². The number of carbonyl (C=O) groups excluding carboxylic acids is 3. The Morgan fingerprint density at radius 2 is 1.78 bits per heavy atom. The first-order valence-corrected chi connectivity index (χ1v) is 15.5. The van der Waals surface area contributed by atoms with E-state index in [-0.39, 0.29) is 60.6 Å². The van der Waals surface area contributed by atoms with Crippen LogP contribution in [-0.2, 0) is 20.9 Å². The van der Waals surface area contributed by atoms with E-state index in [1.54, 1.807) is 17.0 Å². The Hall–Kier alpha value is -3.71. The van der Waals surface area contributed by atoms with Crippen molar-refractivity contribution in [1.82, 2.24) is 25.7 Å². The zero-order chi connectivity index (χ0) is 31.9. The highest BCUT2D eigenvalue weighted by atomic mass is 35.5. The fourth-order valence-corrected chi connectivity index (χ4v) is 5.16. The number of likely N-dealkylation sites (tertiary alicyclic amines) is 1. The molecule has 1 aliphatic rings. The first-order chi connectivity index (χ1) is 21.2. The minimum atomic E-state index is -1.11. The Labute approximate surface area is 270 Å². The Morgan fingerprint density at radius 1 is 1.07 bits per heavy atom. The lowest BCUT2D eigenvalue weighted by molar-refractivity contribution is -0.134. The van der Waals surface area contributed by atoms with E-state index in [0.717, 1.165) is 51.4 Å². The number of aromatic carboxylic acids is 1. The smallest absolute Gasteiger partial charge is 0.339 e. The highest BCUT2D eigenvalue weighted by Crippen LogP contribution is 2.31. The molecule has 2 aromatic rings. The SMILES string of the molecule is CC(C)C[C@@H](N)C(=O)N1CCC[C@@H]1c1nc(CNC(=O)CCCCCCCCNC(=O)COc2ccccc2C(=O)O)no1.Cl. The molecular formula is C31H47ClN6O7. The van der Waals surface area contributed by atoms with Crippen molar-refractivity contribution < 1.29 is 33.5 Å². The monoisotopic (exact) mass is 650 g/mol. The van der Waals surface area contributed by atoms with E-state index in [1.165, 1.54) is 12.1 Å². The molecule has 0 bridgehead atoms. The van der Waals surface area contributed by atoms with Gasteiger partial charge in [0.05, 0.1) is 12.6 Å². The number of nitrogens with two attached hydrogens (primary N) is 1. The van der Waals surface area contributed by atoms with Gasteiger partial charge in [0.25, 0.3) is 5.91 Å². The first-order valence-electron chi connectivity index (χ1n) is 15.5. The van der Waals surface area contributed by atoms with Gasteiger partial charge in [-0.3, -0.25) is 14.4 Å². The number of unbranched alkanes of at least 4 members (excludes halogenated alkanes) is 5. The molecule has 1 saturated heterocycles. The molecule has 1 aromatic heterocycles. The van der Waals surface area contributed by atoms with Crippen LogP contribution in [0.2, 0.25) is 0 Å². The molecule has 14 heteroatoms. The summed E-state index contributed by atoms with van der Waals surface area (Å²) in [5.74, 6) is -0.332. The number of carboxylic acids is 1. The molecule has 250 valence electrons. The summed E-state index contributed by atoms with van der Waals surface area (Å²) in [7, 11) is 0. The number of aromatic nitrogens is 2. The van der Waals surface area contributed by atoms with Crippen molar-refractivity contribution in [2.45, 2.75) is 96.7 Å². The van der Waals surface area contributed by atoms with Crippen LogP contribution < -0.4 is 21.1 Å². The lowest BCUT2D eigenvalue weighted by Crippen LogP contribution is -2.44. The lowest BCUT2D eigenvalue weighted by Gasteiger charge is -2.25.